The average Bonchev–Trinajstić information content (AvgIpc) is 2.68. The maximum absolute atomic E-state index is 9.84. The van der Waals surface area contributed by atoms with Crippen molar-refractivity contribution in [1.82, 2.24) is 4.98 Å². The molecule has 26 heavy (non-hydrogen) atoms. The lowest BCUT2D eigenvalue weighted by Gasteiger charge is -2.10. The Kier molecular flexibility index (Phi) is 4.42. The zero-order chi connectivity index (χ0) is 17.9. The minimum absolute atomic E-state index is 0.221. The molecule has 3 heteroatoms. The van der Waals surface area contributed by atoms with Gasteiger partial charge in [-0.3, -0.25) is 0 Å². The van der Waals surface area contributed by atoms with Crippen LogP contribution in [0, 0.1) is 0 Å². The van der Waals surface area contributed by atoms with Crippen molar-refractivity contribution >= 4 is 11.6 Å². The quantitative estimate of drug-likeness (QED) is 0.457. The molecular weight excluding hydrogens is 342 g/mol. The van der Waals surface area contributed by atoms with E-state index in [0.717, 1.165) is 33.6 Å². The predicted octanol–water partition coefficient (Wildman–Crippen LogP) is 6.44. The number of aromatic hydroxyl groups is 1. The van der Waals surface area contributed by atoms with Gasteiger partial charge in [-0.25, -0.2) is 4.98 Å². The van der Waals surface area contributed by atoms with Gasteiger partial charge in [0.05, 0.1) is 11.4 Å². The van der Waals surface area contributed by atoms with Gasteiger partial charge in [0.2, 0.25) is 0 Å². The van der Waals surface area contributed by atoms with E-state index in [4.69, 9.17) is 16.6 Å². The molecule has 0 aliphatic rings. The highest BCUT2D eigenvalue weighted by Crippen LogP contribution is 2.31. The Morgan fingerprint density at radius 3 is 1.85 bits per heavy atom. The molecule has 0 fully saturated rings. The Bertz CT molecular complexity index is 997. The second kappa shape index (κ2) is 7.03. The first-order valence-electron chi connectivity index (χ1n) is 8.32. The van der Waals surface area contributed by atoms with Crippen LogP contribution in [-0.4, -0.2) is 10.1 Å². The molecule has 4 rings (SSSR count). The Morgan fingerprint density at radius 1 is 0.577 bits per heavy atom. The van der Waals surface area contributed by atoms with E-state index in [-0.39, 0.29) is 5.75 Å². The second-order valence-corrected chi connectivity index (χ2v) is 6.49. The molecule has 2 nitrogen and oxygen atoms in total. The molecule has 3 aromatic carbocycles. The van der Waals surface area contributed by atoms with Gasteiger partial charge in [-0.1, -0.05) is 66.2 Å². The summed E-state index contributed by atoms with van der Waals surface area (Å²) in [5, 5.41) is 10.5. The van der Waals surface area contributed by atoms with Crippen molar-refractivity contribution in [2.75, 3.05) is 0 Å². The minimum atomic E-state index is 0.221. The fraction of sp³-hybridized carbons (Fsp3) is 0. The molecule has 0 radical (unpaired) electrons. The smallest absolute Gasteiger partial charge is 0.116 e. The SMILES string of the molecule is Oc1cccc(-c2cc(-c3ccccc3)cc(-c3cccc(Cl)c3)n2)c1. The average molecular weight is 358 g/mol. The number of rotatable bonds is 3. The first-order chi connectivity index (χ1) is 12.7. The van der Waals surface area contributed by atoms with E-state index >= 15 is 0 Å². The molecule has 0 bridgehead atoms. The van der Waals surface area contributed by atoms with E-state index in [1.54, 1.807) is 12.1 Å². The van der Waals surface area contributed by atoms with E-state index in [9.17, 15) is 5.11 Å². The van der Waals surface area contributed by atoms with Gasteiger partial charge in [-0.15, -0.1) is 0 Å². The van der Waals surface area contributed by atoms with Crippen LogP contribution in [0.1, 0.15) is 0 Å². The Labute approximate surface area is 157 Å². The summed E-state index contributed by atoms with van der Waals surface area (Å²) in [4.78, 5) is 4.81. The molecule has 1 N–H and O–H groups in total. The minimum Gasteiger partial charge on any atom is -0.508 e. The molecule has 0 atom stereocenters. The van der Waals surface area contributed by atoms with Gasteiger partial charge in [0.1, 0.15) is 5.75 Å². The Balaban J connectivity index is 1.93. The van der Waals surface area contributed by atoms with Gasteiger partial charge < -0.3 is 5.11 Å². The van der Waals surface area contributed by atoms with Crippen molar-refractivity contribution in [1.29, 1.82) is 0 Å². The number of benzene rings is 3. The van der Waals surface area contributed by atoms with E-state index in [0.29, 0.717) is 5.02 Å². The topological polar surface area (TPSA) is 33.1 Å². The van der Waals surface area contributed by atoms with Crippen molar-refractivity contribution < 1.29 is 5.11 Å². The number of aromatic nitrogens is 1. The fourth-order valence-corrected chi connectivity index (χ4v) is 3.13. The van der Waals surface area contributed by atoms with Crippen LogP contribution < -0.4 is 0 Å². The molecule has 126 valence electrons. The lowest BCUT2D eigenvalue weighted by atomic mass is 10.00. The maximum atomic E-state index is 9.84. The first-order valence-corrected chi connectivity index (χ1v) is 8.70. The third-order valence-electron chi connectivity index (χ3n) is 4.19. The lowest BCUT2D eigenvalue weighted by Crippen LogP contribution is -1.91. The molecule has 1 aromatic heterocycles. The van der Waals surface area contributed by atoms with E-state index in [1.165, 1.54) is 0 Å². The molecule has 0 saturated carbocycles. The molecular formula is C23H16ClNO. The van der Waals surface area contributed by atoms with Crippen molar-refractivity contribution in [3.05, 3.63) is 96.0 Å². The number of phenols is 1. The predicted molar refractivity (Wildman–Crippen MR) is 107 cm³/mol. The normalized spacial score (nSPS) is 10.7. The zero-order valence-electron chi connectivity index (χ0n) is 13.9. The number of nitrogens with zero attached hydrogens (tertiary/aromatic N) is 1. The molecule has 1 heterocycles. The summed E-state index contributed by atoms with van der Waals surface area (Å²) >= 11 is 6.17. The van der Waals surface area contributed by atoms with E-state index < -0.39 is 0 Å². The van der Waals surface area contributed by atoms with Crippen LogP contribution in [0.2, 0.25) is 5.02 Å². The highest BCUT2D eigenvalue weighted by atomic mass is 35.5. The van der Waals surface area contributed by atoms with E-state index in [1.807, 2.05) is 60.7 Å². The fourth-order valence-electron chi connectivity index (χ4n) is 2.94. The number of halogens is 1. The summed E-state index contributed by atoms with van der Waals surface area (Å²) in [6.45, 7) is 0. The van der Waals surface area contributed by atoms with Crippen molar-refractivity contribution in [3.8, 4) is 39.4 Å². The van der Waals surface area contributed by atoms with Gasteiger partial charge in [-0.2, -0.15) is 0 Å². The number of hydrogen-bond acceptors (Lipinski definition) is 2. The standard InChI is InChI=1S/C23H16ClNO/c24-20-10-4-8-17(12-20)22-14-19(16-6-2-1-3-7-16)15-23(25-22)18-9-5-11-21(26)13-18/h1-15,26H. The van der Waals surface area contributed by atoms with Gasteiger partial charge in [-0.05, 0) is 47.5 Å². The number of phenolic OH excluding ortho intramolecular Hbond substituents is 1. The maximum Gasteiger partial charge on any atom is 0.116 e. The third-order valence-corrected chi connectivity index (χ3v) is 4.43. The summed E-state index contributed by atoms with van der Waals surface area (Å²) in [5.41, 5.74) is 5.64. The van der Waals surface area contributed by atoms with Crippen molar-refractivity contribution in [3.63, 3.8) is 0 Å². The van der Waals surface area contributed by atoms with Crippen LogP contribution in [0.25, 0.3) is 33.6 Å². The summed E-state index contributed by atoms with van der Waals surface area (Å²) < 4.78 is 0. The monoisotopic (exact) mass is 357 g/mol. The van der Waals surface area contributed by atoms with Gasteiger partial charge in [0, 0.05) is 16.1 Å². The first kappa shape index (κ1) is 16.4. The Hall–Kier alpha value is -3.10. The van der Waals surface area contributed by atoms with Crippen LogP contribution in [-0.2, 0) is 0 Å². The van der Waals surface area contributed by atoms with Crippen LogP contribution in [0.3, 0.4) is 0 Å². The van der Waals surface area contributed by atoms with Gasteiger partial charge in [0.25, 0.3) is 0 Å². The van der Waals surface area contributed by atoms with Crippen LogP contribution in [0.4, 0.5) is 0 Å². The molecule has 0 amide bonds. The van der Waals surface area contributed by atoms with Crippen LogP contribution in [0.15, 0.2) is 91.0 Å². The molecule has 0 aliphatic heterocycles. The van der Waals surface area contributed by atoms with Gasteiger partial charge in [0.15, 0.2) is 0 Å². The van der Waals surface area contributed by atoms with E-state index in [2.05, 4.69) is 18.2 Å². The van der Waals surface area contributed by atoms with Crippen LogP contribution in [0.5, 0.6) is 5.75 Å². The molecule has 4 aromatic rings. The van der Waals surface area contributed by atoms with Crippen molar-refractivity contribution in [2.45, 2.75) is 0 Å². The number of pyridine rings is 1. The number of hydrogen-bond donors (Lipinski definition) is 1. The Morgan fingerprint density at radius 2 is 1.19 bits per heavy atom. The summed E-state index contributed by atoms with van der Waals surface area (Å²) in [7, 11) is 0. The van der Waals surface area contributed by atoms with Gasteiger partial charge >= 0.3 is 0 Å². The summed E-state index contributed by atoms with van der Waals surface area (Å²) in [5.74, 6) is 0.221. The zero-order valence-corrected chi connectivity index (χ0v) is 14.7. The molecule has 0 spiro atoms. The summed E-state index contributed by atoms with van der Waals surface area (Å²) in [6.07, 6.45) is 0. The van der Waals surface area contributed by atoms with Crippen molar-refractivity contribution in [2.24, 2.45) is 0 Å². The molecule has 0 saturated heterocycles. The lowest BCUT2D eigenvalue weighted by molar-refractivity contribution is 0.475. The third kappa shape index (κ3) is 3.46. The largest absolute Gasteiger partial charge is 0.508 e. The molecule has 0 aliphatic carbocycles. The van der Waals surface area contributed by atoms with Crippen LogP contribution >= 0.6 is 11.6 Å². The summed E-state index contributed by atoms with van der Waals surface area (Å²) in [6, 6.07) is 29.1. The highest BCUT2D eigenvalue weighted by molar-refractivity contribution is 6.30. The highest BCUT2D eigenvalue weighted by Gasteiger charge is 2.09. The molecule has 0 unspecified atom stereocenters. The second-order valence-electron chi connectivity index (χ2n) is 6.05.